The number of ketones is 1. The highest BCUT2D eigenvalue weighted by Gasteiger charge is 2.46. The van der Waals surface area contributed by atoms with E-state index >= 15 is 0 Å². The number of rotatable bonds is 24. The standard InChI is InChI=1S/C39H55NO7/c1-4-6-7-10-16-21-33(41)22-17-11-8-9-12-18-23-34(39(46,28-5-2)38(44)45)36(42)40-35(37(43)47-3)29-30-24-26-32(27-25-30)31-19-14-13-15-20-31/h13-15,18-20,23-27,34-35,46H,4-12,16-17,21-22,28-29H2,1-3H3,(H,40,42)(H,44,45)/b23-18+/t34-,35+,39+/m1/s1. The first-order chi connectivity index (χ1) is 22.7. The zero-order chi connectivity index (χ0) is 34.5. The molecule has 258 valence electrons. The van der Waals surface area contributed by atoms with Crippen molar-refractivity contribution in [3.63, 3.8) is 0 Å². The number of aliphatic carboxylic acids is 1. The molecule has 2 rings (SSSR count). The van der Waals surface area contributed by atoms with E-state index in [2.05, 4.69) is 12.2 Å². The van der Waals surface area contributed by atoms with E-state index in [0.29, 0.717) is 31.5 Å². The van der Waals surface area contributed by atoms with Crippen LogP contribution < -0.4 is 5.32 Å². The normalized spacial score (nSPS) is 13.9. The second-order valence-electron chi connectivity index (χ2n) is 12.4. The van der Waals surface area contributed by atoms with Gasteiger partial charge in [-0.05, 0) is 48.8 Å². The molecule has 0 saturated heterocycles. The van der Waals surface area contributed by atoms with Crippen LogP contribution in [0.1, 0.15) is 109 Å². The molecule has 0 saturated carbocycles. The fraction of sp³-hybridized carbons (Fsp3) is 0.538. The third-order valence-corrected chi connectivity index (χ3v) is 8.57. The number of unbranched alkanes of at least 4 members (excludes halogenated alkanes) is 8. The Morgan fingerprint density at radius 3 is 1.98 bits per heavy atom. The third-order valence-electron chi connectivity index (χ3n) is 8.57. The molecule has 3 atom stereocenters. The number of esters is 1. The maximum Gasteiger partial charge on any atom is 0.336 e. The van der Waals surface area contributed by atoms with E-state index < -0.39 is 35.4 Å². The van der Waals surface area contributed by atoms with Gasteiger partial charge in [-0.25, -0.2) is 9.59 Å². The Kier molecular flexibility index (Phi) is 18.4. The van der Waals surface area contributed by atoms with Gasteiger partial charge in [0, 0.05) is 19.3 Å². The van der Waals surface area contributed by atoms with Crippen LogP contribution in [0.5, 0.6) is 0 Å². The summed E-state index contributed by atoms with van der Waals surface area (Å²) in [7, 11) is 1.23. The predicted octanol–water partition coefficient (Wildman–Crippen LogP) is 7.61. The molecule has 0 fully saturated rings. The smallest absolute Gasteiger partial charge is 0.336 e. The van der Waals surface area contributed by atoms with Crippen molar-refractivity contribution in [1.82, 2.24) is 5.32 Å². The average Bonchev–Trinajstić information content (AvgIpc) is 3.07. The molecule has 0 aliphatic carbocycles. The molecule has 0 radical (unpaired) electrons. The van der Waals surface area contributed by atoms with Crippen molar-refractivity contribution in [3.05, 3.63) is 72.3 Å². The first-order valence-corrected chi connectivity index (χ1v) is 17.3. The fourth-order valence-electron chi connectivity index (χ4n) is 5.76. The molecule has 0 bridgehead atoms. The van der Waals surface area contributed by atoms with Crippen LogP contribution in [0.4, 0.5) is 0 Å². The summed E-state index contributed by atoms with van der Waals surface area (Å²) in [6, 6.07) is 16.4. The molecule has 0 unspecified atom stereocenters. The lowest BCUT2D eigenvalue weighted by Gasteiger charge is -2.30. The molecule has 3 N–H and O–H groups in total. The van der Waals surface area contributed by atoms with Gasteiger partial charge in [-0.2, -0.15) is 0 Å². The number of carbonyl (C=O) groups excluding carboxylic acids is 3. The minimum Gasteiger partial charge on any atom is -0.479 e. The number of carboxylic acids is 1. The van der Waals surface area contributed by atoms with E-state index in [1.807, 2.05) is 54.6 Å². The van der Waals surface area contributed by atoms with Crippen LogP contribution >= 0.6 is 0 Å². The molecule has 2 aromatic carbocycles. The van der Waals surface area contributed by atoms with Gasteiger partial charge in [0.15, 0.2) is 5.60 Å². The largest absolute Gasteiger partial charge is 0.479 e. The van der Waals surface area contributed by atoms with Gasteiger partial charge in [0.1, 0.15) is 11.8 Å². The molecular weight excluding hydrogens is 594 g/mol. The van der Waals surface area contributed by atoms with Crippen molar-refractivity contribution in [2.45, 2.75) is 122 Å². The lowest BCUT2D eigenvalue weighted by Crippen LogP contribution is -2.54. The highest BCUT2D eigenvalue weighted by atomic mass is 16.5. The summed E-state index contributed by atoms with van der Waals surface area (Å²) in [6.45, 7) is 3.91. The van der Waals surface area contributed by atoms with Gasteiger partial charge in [-0.15, -0.1) is 0 Å². The monoisotopic (exact) mass is 649 g/mol. The van der Waals surface area contributed by atoms with Crippen LogP contribution in [0.3, 0.4) is 0 Å². The van der Waals surface area contributed by atoms with Crippen molar-refractivity contribution < 1.29 is 34.1 Å². The Labute approximate surface area is 281 Å². The number of nitrogens with one attached hydrogen (secondary N) is 1. The second kappa shape index (κ2) is 21.9. The zero-order valence-electron chi connectivity index (χ0n) is 28.5. The molecule has 8 nitrogen and oxygen atoms in total. The third kappa shape index (κ3) is 13.9. The molecule has 1 amide bonds. The number of methoxy groups -OCH3 is 1. The number of Topliss-reactive ketones (excluding diaryl/α,β-unsaturated/α-hetero) is 1. The number of amides is 1. The lowest BCUT2D eigenvalue weighted by atomic mass is 9.82. The molecular formula is C39H55NO7. The summed E-state index contributed by atoms with van der Waals surface area (Å²) in [4.78, 5) is 50.7. The van der Waals surface area contributed by atoms with Crippen LogP contribution in [0.2, 0.25) is 0 Å². The lowest BCUT2D eigenvalue weighted by molar-refractivity contribution is -0.167. The Hall–Kier alpha value is -3.78. The summed E-state index contributed by atoms with van der Waals surface area (Å²) in [5, 5.41) is 23.9. The Balaban J connectivity index is 2.01. The van der Waals surface area contributed by atoms with E-state index in [4.69, 9.17) is 4.74 Å². The molecule has 0 aliphatic heterocycles. The van der Waals surface area contributed by atoms with Crippen molar-refractivity contribution in [3.8, 4) is 11.1 Å². The van der Waals surface area contributed by atoms with Crippen LogP contribution in [0, 0.1) is 5.92 Å². The zero-order valence-corrected chi connectivity index (χ0v) is 28.5. The average molecular weight is 650 g/mol. The summed E-state index contributed by atoms with van der Waals surface area (Å²) >= 11 is 0. The Bertz CT molecular complexity index is 1260. The summed E-state index contributed by atoms with van der Waals surface area (Å²) in [6.07, 6.45) is 14.5. The topological polar surface area (TPSA) is 130 Å². The number of hydrogen-bond donors (Lipinski definition) is 3. The molecule has 47 heavy (non-hydrogen) atoms. The summed E-state index contributed by atoms with van der Waals surface area (Å²) in [5.74, 6) is -4.01. The predicted molar refractivity (Wildman–Crippen MR) is 186 cm³/mol. The van der Waals surface area contributed by atoms with Gasteiger partial charge < -0.3 is 20.3 Å². The number of benzene rings is 2. The summed E-state index contributed by atoms with van der Waals surface area (Å²) < 4.78 is 4.96. The van der Waals surface area contributed by atoms with Gasteiger partial charge in [-0.3, -0.25) is 9.59 Å². The number of carbonyl (C=O) groups is 4. The van der Waals surface area contributed by atoms with Gasteiger partial charge in [-0.1, -0.05) is 126 Å². The molecule has 2 aromatic rings. The van der Waals surface area contributed by atoms with E-state index in [9.17, 15) is 29.4 Å². The molecule has 0 heterocycles. The molecule has 0 aromatic heterocycles. The van der Waals surface area contributed by atoms with Gasteiger partial charge in [0.05, 0.1) is 13.0 Å². The van der Waals surface area contributed by atoms with Crippen LogP contribution in [0.15, 0.2) is 66.7 Å². The first kappa shape index (κ1) is 39.4. The molecule has 8 heteroatoms. The van der Waals surface area contributed by atoms with Gasteiger partial charge in [0.25, 0.3) is 0 Å². The summed E-state index contributed by atoms with van der Waals surface area (Å²) in [5.41, 5.74) is 0.493. The quantitative estimate of drug-likeness (QED) is 0.0606. The SMILES string of the molecule is CCCCCCCC(=O)CCCCCC/C=C/[C@H](C(=O)N[C@@H](Cc1ccc(-c2ccccc2)cc1)C(=O)OC)[C@@](O)(CCC)C(=O)O. The minimum atomic E-state index is -2.34. The van der Waals surface area contributed by atoms with E-state index in [1.165, 1.54) is 32.4 Å². The van der Waals surface area contributed by atoms with Crippen molar-refractivity contribution in [2.75, 3.05) is 7.11 Å². The van der Waals surface area contributed by atoms with Crippen molar-refractivity contribution in [1.29, 1.82) is 0 Å². The van der Waals surface area contributed by atoms with Gasteiger partial charge in [0.2, 0.25) is 5.91 Å². The van der Waals surface area contributed by atoms with E-state index in [0.717, 1.165) is 55.2 Å². The minimum absolute atomic E-state index is 0.130. The number of ether oxygens (including phenoxy) is 1. The van der Waals surface area contributed by atoms with Crippen molar-refractivity contribution in [2.24, 2.45) is 5.92 Å². The maximum atomic E-state index is 13.6. The maximum absolute atomic E-state index is 13.6. The number of allylic oxidation sites excluding steroid dienone is 1. The molecule has 0 spiro atoms. The molecule has 0 aliphatic rings. The first-order valence-electron chi connectivity index (χ1n) is 17.3. The van der Waals surface area contributed by atoms with E-state index in [-0.39, 0.29) is 12.8 Å². The fourth-order valence-corrected chi connectivity index (χ4v) is 5.76. The highest BCUT2D eigenvalue weighted by molar-refractivity contribution is 5.92. The number of aliphatic hydroxyl groups is 1. The van der Waals surface area contributed by atoms with Crippen molar-refractivity contribution >= 4 is 23.6 Å². The van der Waals surface area contributed by atoms with Crippen LogP contribution in [-0.2, 0) is 30.3 Å². The number of carboxylic acid groups (broad SMARTS) is 1. The Morgan fingerprint density at radius 1 is 0.809 bits per heavy atom. The van der Waals surface area contributed by atoms with Gasteiger partial charge >= 0.3 is 11.9 Å². The Morgan fingerprint density at radius 2 is 1.40 bits per heavy atom. The second-order valence-corrected chi connectivity index (χ2v) is 12.4. The number of hydrogen-bond acceptors (Lipinski definition) is 6. The van der Waals surface area contributed by atoms with E-state index in [1.54, 1.807) is 13.0 Å². The van der Waals surface area contributed by atoms with Crippen LogP contribution in [0.25, 0.3) is 11.1 Å². The van der Waals surface area contributed by atoms with Crippen LogP contribution in [-0.4, -0.2) is 52.6 Å². The highest BCUT2D eigenvalue weighted by Crippen LogP contribution is 2.27.